The Bertz CT molecular complexity index is 1610. The highest BCUT2D eigenvalue weighted by Crippen LogP contribution is 2.38. The standard InChI is InChI=1S/C29H33Cl3N8OS/c1-16-12-38(13-17(2)39(16)14-21-15-40(36-35-21)25-22(31)10-20(30)11-23(25)32)29(41)26-18(3)24-27(37-8-6-5-7-9-37)33-19(4)34-28(24)42-26/h10-11,15-17H,5-9,12-14H2,1-4H3/t16-,17+. The number of fused-ring (bicyclic) bond motifs is 1. The van der Waals surface area contributed by atoms with E-state index in [0.717, 1.165) is 51.1 Å². The first-order valence-electron chi connectivity index (χ1n) is 14.2. The summed E-state index contributed by atoms with van der Waals surface area (Å²) in [5.74, 6) is 1.79. The fourth-order valence-electron chi connectivity index (χ4n) is 6.16. The Morgan fingerprint density at radius 2 is 1.67 bits per heavy atom. The normalized spacial score (nSPS) is 20.1. The van der Waals surface area contributed by atoms with E-state index >= 15 is 0 Å². The van der Waals surface area contributed by atoms with Crippen molar-refractivity contribution in [2.45, 2.75) is 65.6 Å². The van der Waals surface area contributed by atoms with Gasteiger partial charge in [0, 0.05) is 49.8 Å². The van der Waals surface area contributed by atoms with Crippen LogP contribution in [0.5, 0.6) is 0 Å². The monoisotopic (exact) mass is 646 g/mol. The zero-order valence-corrected chi connectivity index (χ0v) is 27.2. The number of thiophene rings is 1. The van der Waals surface area contributed by atoms with Crippen molar-refractivity contribution in [1.82, 2.24) is 34.8 Å². The van der Waals surface area contributed by atoms with E-state index in [1.54, 1.807) is 16.8 Å². The lowest BCUT2D eigenvalue weighted by Crippen LogP contribution is -2.57. The van der Waals surface area contributed by atoms with Gasteiger partial charge in [-0.15, -0.1) is 16.4 Å². The van der Waals surface area contributed by atoms with Crippen molar-refractivity contribution in [3.63, 3.8) is 0 Å². The third-order valence-electron chi connectivity index (χ3n) is 8.22. The lowest BCUT2D eigenvalue weighted by atomic mass is 10.1. The van der Waals surface area contributed by atoms with Gasteiger partial charge in [-0.2, -0.15) is 0 Å². The highest BCUT2D eigenvalue weighted by molar-refractivity contribution is 7.20. The van der Waals surface area contributed by atoms with Gasteiger partial charge in [0.15, 0.2) is 0 Å². The SMILES string of the molecule is Cc1nc(N2CCCCC2)c2c(C)c(C(=O)N3C[C@@H](C)N(Cc4cn(-c5c(Cl)cc(Cl)cc5Cl)nn4)[C@@H](C)C3)sc2n1. The molecule has 1 amide bonds. The molecule has 2 aliphatic rings. The molecular weight excluding hydrogens is 615 g/mol. The van der Waals surface area contributed by atoms with Crippen molar-refractivity contribution in [1.29, 1.82) is 0 Å². The van der Waals surface area contributed by atoms with Crippen molar-refractivity contribution in [3.05, 3.63) is 55.4 Å². The highest BCUT2D eigenvalue weighted by atomic mass is 35.5. The van der Waals surface area contributed by atoms with Crippen LogP contribution in [-0.4, -0.2) is 78.9 Å². The Morgan fingerprint density at radius 3 is 2.33 bits per heavy atom. The predicted octanol–water partition coefficient (Wildman–Crippen LogP) is 6.57. The molecule has 6 rings (SSSR count). The minimum absolute atomic E-state index is 0.0639. The van der Waals surface area contributed by atoms with Crippen molar-refractivity contribution in [2.75, 3.05) is 31.1 Å². The minimum atomic E-state index is 0.0639. The van der Waals surface area contributed by atoms with Crippen LogP contribution >= 0.6 is 46.1 Å². The smallest absolute Gasteiger partial charge is 0.264 e. The number of aromatic nitrogens is 5. The van der Waals surface area contributed by atoms with E-state index in [1.807, 2.05) is 24.9 Å². The zero-order valence-electron chi connectivity index (χ0n) is 24.1. The maximum Gasteiger partial charge on any atom is 0.264 e. The Hall–Kier alpha value is -2.50. The summed E-state index contributed by atoms with van der Waals surface area (Å²) in [4.78, 5) is 31.9. The number of hydrogen-bond donors (Lipinski definition) is 0. The predicted molar refractivity (Wildman–Crippen MR) is 170 cm³/mol. The quantitative estimate of drug-likeness (QED) is 0.242. The Kier molecular flexibility index (Phi) is 8.36. The van der Waals surface area contributed by atoms with Gasteiger partial charge in [0.1, 0.15) is 22.2 Å². The third-order valence-corrected chi connectivity index (χ3v) is 10.2. The molecule has 1 aromatic carbocycles. The van der Waals surface area contributed by atoms with Crippen LogP contribution < -0.4 is 4.90 Å². The molecule has 3 aromatic heterocycles. The molecule has 2 saturated heterocycles. The average molecular weight is 648 g/mol. The van der Waals surface area contributed by atoms with E-state index in [0.29, 0.717) is 40.4 Å². The first-order valence-corrected chi connectivity index (χ1v) is 16.2. The summed E-state index contributed by atoms with van der Waals surface area (Å²) in [7, 11) is 0. The van der Waals surface area contributed by atoms with E-state index in [9.17, 15) is 4.79 Å². The minimum Gasteiger partial charge on any atom is -0.356 e. The second-order valence-electron chi connectivity index (χ2n) is 11.3. The van der Waals surface area contributed by atoms with Gasteiger partial charge >= 0.3 is 0 Å². The van der Waals surface area contributed by atoms with Crippen LogP contribution in [0.1, 0.15) is 59.9 Å². The fourth-order valence-corrected chi connectivity index (χ4v) is 8.34. The molecule has 5 heterocycles. The van der Waals surface area contributed by atoms with Crippen LogP contribution in [0.3, 0.4) is 0 Å². The van der Waals surface area contributed by atoms with Crippen LogP contribution in [0.15, 0.2) is 18.3 Å². The number of halogens is 3. The van der Waals surface area contributed by atoms with Gasteiger partial charge in [0.05, 0.1) is 32.2 Å². The summed E-state index contributed by atoms with van der Waals surface area (Å²) >= 11 is 20.3. The molecule has 0 N–H and O–H groups in total. The molecule has 0 bridgehead atoms. The van der Waals surface area contributed by atoms with E-state index in [1.165, 1.54) is 30.6 Å². The summed E-state index contributed by atoms with van der Waals surface area (Å²) < 4.78 is 1.58. The average Bonchev–Trinajstić information content (AvgIpc) is 3.53. The number of piperazine rings is 1. The van der Waals surface area contributed by atoms with E-state index < -0.39 is 0 Å². The number of nitrogens with zero attached hydrogens (tertiary/aromatic N) is 8. The molecule has 13 heteroatoms. The largest absolute Gasteiger partial charge is 0.356 e. The lowest BCUT2D eigenvalue weighted by Gasteiger charge is -2.44. The number of anilines is 1. The molecule has 0 saturated carbocycles. The second kappa shape index (κ2) is 11.9. The summed E-state index contributed by atoms with van der Waals surface area (Å²) in [5, 5.41) is 10.9. The Labute approximate surface area is 264 Å². The molecule has 0 radical (unpaired) electrons. The van der Waals surface area contributed by atoms with Crippen molar-refractivity contribution in [2.24, 2.45) is 0 Å². The van der Waals surface area contributed by atoms with Gasteiger partial charge in [-0.25, -0.2) is 14.6 Å². The molecule has 222 valence electrons. The number of rotatable bonds is 5. The number of carbonyl (C=O) groups excluding carboxylic acids is 1. The molecule has 0 aliphatic carbocycles. The summed E-state index contributed by atoms with van der Waals surface area (Å²) in [6.45, 7) is 12.1. The van der Waals surface area contributed by atoms with Gasteiger partial charge in [-0.3, -0.25) is 9.69 Å². The number of piperidine rings is 1. The highest BCUT2D eigenvalue weighted by Gasteiger charge is 2.34. The molecule has 9 nitrogen and oxygen atoms in total. The first kappa shape index (κ1) is 29.6. The van der Waals surface area contributed by atoms with Gasteiger partial charge in [-0.05, 0) is 64.7 Å². The summed E-state index contributed by atoms with van der Waals surface area (Å²) in [5.41, 5.74) is 2.31. The maximum atomic E-state index is 14.0. The third kappa shape index (κ3) is 5.59. The van der Waals surface area contributed by atoms with Gasteiger partial charge < -0.3 is 9.80 Å². The van der Waals surface area contributed by atoms with Crippen molar-refractivity contribution >= 4 is 68.1 Å². The summed E-state index contributed by atoms with van der Waals surface area (Å²) in [6.07, 6.45) is 5.42. The lowest BCUT2D eigenvalue weighted by molar-refractivity contribution is 0.0267. The van der Waals surface area contributed by atoms with E-state index in [2.05, 4.69) is 34.0 Å². The van der Waals surface area contributed by atoms with Crippen molar-refractivity contribution < 1.29 is 4.79 Å². The topological polar surface area (TPSA) is 83.3 Å². The Balaban J connectivity index is 1.19. The van der Waals surface area contributed by atoms with Crippen LogP contribution in [0.25, 0.3) is 15.9 Å². The van der Waals surface area contributed by atoms with Crippen molar-refractivity contribution in [3.8, 4) is 5.69 Å². The van der Waals surface area contributed by atoms with E-state index in [4.69, 9.17) is 44.8 Å². The van der Waals surface area contributed by atoms with Crippen LogP contribution in [-0.2, 0) is 6.54 Å². The van der Waals surface area contributed by atoms with Gasteiger partial charge in [0.2, 0.25) is 0 Å². The molecule has 2 fully saturated rings. The van der Waals surface area contributed by atoms with E-state index in [-0.39, 0.29) is 18.0 Å². The molecular formula is C29H33Cl3N8OS. The molecule has 4 aromatic rings. The first-order chi connectivity index (χ1) is 20.1. The maximum absolute atomic E-state index is 14.0. The summed E-state index contributed by atoms with van der Waals surface area (Å²) in [6, 6.07) is 3.50. The zero-order chi connectivity index (χ0) is 29.7. The fraction of sp³-hybridized carbons (Fsp3) is 0.483. The number of benzene rings is 1. The number of amides is 1. The van der Waals surface area contributed by atoms with Gasteiger partial charge in [0.25, 0.3) is 5.91 Å². The van der Waals surface area contributed by atoms with Crippen LogP contribution in [0.4, 0.5) is 5.82 Å². The second-order valence-corrected chi connectivity index (χ2v) is 13.6. The number of aryl methyl sites for hydroxylation is 2. The molecule has 42 heavy (non-hydrogen) atoms. The molecule has 0 spiro atoms. The molecule has 2 atom stereocenters. The molecule has 2 aliphatic heterocycles. The Morgan fingerprint density at radius 1 is 1.00 bits per heavy atom. The van der Waals surface area contributed by atoms with Gasteiger partial charge in [-0.1, -0.05) is 40.0 Å². The van der Waals surface area contributed by atoms with Crippen LogP contribution in [0.2, 0.25) is 15.1 Å². The number of carbonyl (C=O) groups is 1. The molecule has 0 unspecified atom stereocenters. The number of hydrogen-bond acceptors (Lipinski definition) is 8. The van der Waals surface area contributed by atoms with Crippen LogP contribution in [0, 0.1) is 13.8 Å².